The highest BCUT2D eigenvalue weighted by atomic mass is 16.1. The van der Waals surface area contributed by atoms with E-state index in [0.717, 1.165) is 18.7 Å². The van der Waals surface area contributed by atoms with Crippen molar-refractivity contribution in [3.63, 3.8) is 0 Å². The second-order valence-corrected chi connectivity index (χ2v) is 5.94. The van der Waals surface area contributed by atoms with Crippen LogP contribution in [0.1, 0.15) is 46.6 Å². The Morgan fingerprint density at radius 3 is 2.52 bits per heavy atom. The third-order valence-electron chi connectivity index (χ3n) is 3.55. The molecule has 1 fully saturated rings. The van der Waals surface area contributed by atoms with E-state index < -0.39 is 0 Å². The fourth-order valence-corrected chi connectivity index (χ4v) is 2.56. The molecule has 2 unspecified atom stereocenters. The van der Waals surface area contributed by atoms with E-state index in [1.165, 1.54) is 0 Å². The van der Waals surface area contributed by atoms with E-state index in [0.29, 0.717) is 11.6 Å². The van der Waals surface area contributed by atoms with Crippen LogP contribution in [-0.2, 0) is 4.79 Å². The van der Waals surface area contributed by atoms with Crippen LogP contribution >= 0.6 is 0 Å². The molecule has 1 aliphatic heterocycles. The minimum absolute atomic E-state index is 0.0123. The molecule has 0 bridgehead atoms. The predicted octanol–water partition coefficient (Wildman–Crippen LogP) is 2.77. The van der Waals surface area contributed by atoms with E-state index in [-0.39, 0.29) is 23.7 Å². The second-order valence-electron chi connectivity index (χ2n) is 5.94. The summed E-state index contributed by atoms with van der Waals surface area (Å²) >= 11 is 0. The average molecular weight is 318 g/mol. The van der Waals surface area contributed by atoms with Crippen molar-refractivity contribution in [1.29, 1.82) is 5.41 Å². The summed E-state index contributed by atoms with van der Waals surface area (Å²) in [6, 6.07) is 8.24. The van der Waals surface area contributed by atoms with E-state index in [2.05, 4.69) is 22.9 Å². The highest BCUT2D eigenvalue weighted by Crippen LogP contribution is 2.17. The number of carbonyl (C=O) groups is 1. The minimum Gasteiger partial charge on any atom is -0.382 e. The quantitative estimate of drug-likeness (QED) is 0.631. The van der Waals surface area contributed by atoms with Gasteiger partial charge in [-0.2, -0.15) is 0 Å². The lowest BCUT2D eigenvalue weighted by atomic mass is 10.1. The molecule has 0 saturated carbocycles. The molecule has 5 nitrogen and oxygen atoms in total. The zero-order valence-corrected chi connectivity index (χ0v) is 14.9. The van der Waals surface area contributed by atoms with Gasteiger partial charge < -0.3 is 16.0 Å². The number of carbonyl (C=O) groups excluding carboxylic acids is 1. The summed E-state index contributed by atoms with van der Waals surface area (Å²) in [5.74, 6) is -0.311. The van der Waals surface area contributed by atoms with Crippen molar-refractivity contribution in [3.05, 3.63) is 29.8 Å². The Labute approximate surface area is 139 Å². The summed E-state index contributed by atoms with van der Waals surface area (Å²) in [5, 5.41) is 17.7. The molecule has 128 valence electrons. The van der Waals surface area contributed by atoms with Gasteiger partial charge in [-0.25, -0.2) is 0 Å². The Hall–Kier alpha value is -1.88. The van der Waals surface area contributed by atoms with Gasteiger partial charge in [0, 0.05) is 35.9 Å². The van der Waals surface area contributed by atoms with Crippen molar-refractivity contribution >= 4 is 17.3 Å². The summed E-state index contributed by atoms with van der Waals surface area (Å²) in [6.45, 7) is 10.9. The second kappa shape index (κ2) is 9.30. The number of amides is 1. The molecule has 5 heteroatoms. The molecule has 1 aliphatic rings. The van der Waals surface area contributed by atoms with Crippen LogP contribution in [0.2, 0.25) is 0 Å². The van der Waals surface area contributed by atoms with Gasteiger partial charge in [-0.15, -0.1) is 0 Å². The van der Waals surface area contributed by atoms with Gasteiger partial charge in [-0.1, -0.05) is 32.0 Å². The SMILES string of the molecule is CC.CC(C)Nc1ccccc1C(=N)C(=O)NC1CNC(C)C1. The van der Waals surface area contributed by atoms with Crippen LogP contribution in [0.15, 0.2) is 24.3 Å². The van der Waals surface area contributed by atoms with E-state index in [4.69, 9.17) is 5.41 Å². The first-order chi connectivity index (χ1) is 11.0. The average Bonchev–Trinajstić information content (AvgIpc) is 2.93. The van der Waals surface area contributed by atoms with Crippen LogP contribution in [0.5, 0.6) is 0 Å². The number of hydrogen-bond donors (Lipinski definition) is 4. The molecule has 0 radical (unpaired) electrons. The maximum atomic E-state index is 12.3. The number of benzene rings is 1. The van der Waals surface area contributed by atoms with Crippen molar-refractivity contribution in [2.75, 3.05) is 11.9 Å². The monoisotopic (exact) mass is 318 g/mol. The molecule has 1 aromatic carbocycles. The number of hydrogen-bond acceptors (Lipinski definition) is 4. The van der Waals surface area contributed by atoms with Gasteiger partial charge in [0.05, 0.1) is 0 Å². The summed E-state index contributed by atoms with van der Waals surface area (Å²) in [5.41, 5.74) is 1.48. The smallest absolute Gasteiger partial charge is 0.270 e. The van der Waals surface area contributed by atoms with E-state index >= 15 is 0 Å². The molecular formula is C18H30N4O. The Morgan fingerprint density at radius 1 is 1.30 bits per heavy atom. The van der Waals surface area contributed by atoms with E-state index in [1.54, 1.807) is 0 Å². The Bertz CT molecular complexity index is 528. The molecule has 0 spiro atoms. The van der Waals surface area contributed by atoms with Gasteiger partial charge >= 0.3 is 0 Å². The lowest BCUT2D eigenvalue weighted by molar-refractivity contribution is -0.115. The molecular weight excluding hydrogens is 288 g/mol. The van der Waals surface area contributed by atoms with Gasteiger partial charge in [0.15, 0.2) is 0 Å². The van der Waals surface area contributed by atoms with Crippen molar-refractivity contribution in [1.82, 2.24) is 10.6 Å². The minimum atomic E-state index is -0.311. The van der Waals surface area contributed by atoms with Gasteiger partial charge in [0.25, 0.3) is 5.91 Å². The van der Waals surface area contributed by atoms with Crippen molar-refractivity contribution < 1.29 is 4.79 Å². The molecule has 23 heavy (non-hydrogen) atoms. The normalized spacial score (nSPS) is 19.7. The summed E-state index contributed by atoms with van der Waals surface area (Å²) < 4.78 is 0. The van der Waals surface area contributed by atoms with Crippen LogP contribution in [0.25, 0.3) is 0 Å². The highest BCUT2D eigenvalue weighted by molar-refractivity contribution is 6.45. The maximum absolute atomic E-state index is 12.3. The lowest BCUT2D eigenvalue weighted by Crippen LogP contribution is -2.40. The lowest BCUT2D eigenvalue weighted by Gasteiger charge is -2.16. The first-order valence-corrected chi connectivity index (χ1v) is 8.46. The van der Waals surface area contributed by atoms with Crippen LogP contribution in [0.4, 0.5) is 5.69 Å². The number of para-hydroxylation sites is 1. The topological polar surface area (TPSA) is 77.0 Å². The highest BCUT2D eigenvalue weighted by Gasteiger charge is 2.24. The largest absolute Gasteiger partial charge is 0.382 e. The van der Waals surface area contributed by atoms with Crippen LogP contribution in [-0.4, -0.2) is 36.3 Å². The molecule has 2 atom stereocenters. The third-order valence-corrected chi connectivity index (χ3v) is 3.55. The fraction of sp³-hybridized carbons (Fsp3) is 0.556. The first-order valence-electron chi connectivity index (χ1n) is 8.46. The fourth-order valence-electron chi connectivity index (χ4n) is 2.56. The van der Waals surface area contributed by atoms with Crippen molar-refractivity contribution in [2.45, 2.75) is 59.2 Å². The first kappa shape index (κ1) is 19.2. The van der Waals surface area contributed by atoms with Crippen LogP contribution in [0, 0.1) is 5.41 Å². The van der Waals surface area contributed by atoms with Gasteiger partial charge in [-0.3, -0.25) is 10.2 Å². The number of rotatable bonds is 5. The number of anilines is 1. The molecule has 0 aromatic heterocycles. The molecule has 1 amide bonds. The van der Waals surface area contributed by atoms with E-state index in [1.807, 2.05) is 52.0 Å². The van der Waals surface area contributed by atoms with Gasteiger partial charge in [-0.05, 0) is 33.3 Å². The van der Waals surface area contributed by atoms with Crippen LogP contribution in [0.3, 0.4) is 0 Å². The van der Waals surface area contributed by atoms with Crippen molar-refractivity contribution in [2.24, 2.45) is 0 Å². The molecule has 1 saturated heterocycles. The molecule has 4 N–H and O–H groups in total. The Kier molecular flexibility index (Phi) is 7.75. The molecule has 1 aromatic rings. The zero-order valence-electron chi connectivity index (χ0n) is 14.9. The van der Waals surface area contributed by atoms with Crippen molar-refractivity contribution in [3.8, 4) is 0 Å². The van der Waals surface area contributed by atoms with Gasteiger partial charge in [0.1, 0.15) is 5.71 Å². The van der Waals surface area contributed by atoms with E-state index in [9.17, 15) is 4.79 Å². The Balaban J connectivity index is 0.00000127. The molecule has 0 aliphatic carbocycles. The molecule has 1 heterocycles. The number of nitrogens with one attached hydrogen (secondary N) is 4. The summed E-state index contributed by atoms with van der Waals surface area (Å²) in [7, 11) is 0. The van der Waals surface area contributed by atoms with Crippen LogP contribution < -0.4 is 16.0 Å². The van der Waals surface area contributed by atoms with Gasteiger partial charge in [0.2, 0.25) is 0 Å². The standard InChI is InChI=1S/C16H24N4O.C2H6/c1-10(2)19-14-7-5-4-6-13(14)15(17)16(21)20-12-8-11(3)18-9-12;1-2/h4-7,10-12,17-19H,8-9H2,1-3H3,(H,20,21);1-2H3. The summed E-state index contributed by atoms with van der Waals surface area (Å²) in [4.78, 5) is 12.3. The molecule has 2 rings (SSSR count). The zero-order chi connectivity index (χ0) is 17.4. The third kappa shape index (κ3) is 5.67. The maximum Gasteiger partial charge on any atom is 0.270 e. The Morgan fingerprint density at radius 2 is 1.96 bits per heavy atom. The summed E-state index contributed by atoms with van der Waals surface area (Å²) in [6.07, 6.45) is 0.908. The predicted molar refractivity (Wildman–Crippen MR) is 97.4 cm³/mol.